The third-order valence-electron chi connectivity index (χ3n) is 3.95. The van der Waals surface area contributed by atoms with Gasteiger partial charge in [-0.15, -0.1) is 0 Å². The zero-order chi connectivity index (χ0) is 15.6. The molecule has 0 N–H and O–H groups in total. The predicted octanol–water partition coefficient (Wildman–Crippen LogP) is 3.82. The topological polar surface area (TPSA) is 61.6 Å². The second-order valence-electron chi connectivity index (χ2n) is 6.65. The fraction of sp³-hybridized carbons (Fsp3) is 0.750. The first-order valence-corrected chi connectivity index (χ1v) is 7.63. The fourth-order valence-corrected chi connectivity index (χ4v) is 2.69. The van der Waals surface area contributed by atoms with Gasteiger partial charge in [-0.2, -0.15) is 0 Å². The van der Waals surface area contributed by atoms with Crippen LogP contribution in [0.3, 0.4) is 0 Å². The molecule has 0 radical (unpaired) electrons. The normalized spacial score (nSPS) is 23.1. The summed E-state index contributed by atoms with van der Waals surface area (Å²) in [6.45, 7) is 10.5. The van der Waals surface area contributed by atoms with Crippen molar-refractivity contribution in [2.75, 3.05) is 6.61 Å². The maximum atomic E-state index is 11.8. The van der Waals surface area contributed by atoms with Gasteiger partial charge in [0, 0.05) is 5.56 Å². The second kappa shape index (κ2) is 6.18. The maximum Gasteiger partial charge on any atom is 0.360 e. The van der Waals surface area contributed by atoms with Crippen molar-refractivity contribution >= 4 is 5.97 Å². The lowest BCUT2D eigenvalue weighted by molar-refractivity contribution is -0.109. The summed E-state index contributed by atoms with van der Waals surface area (Å²) in [4.78, 5) is 11.8. The summed E-state index contributed by atoms with van der Waals surface area (Å²) >= 11 is 0. The fourth-order valence-electron chi connectivity index (χ4n) is 2.69. The molecule has 1 fully saturated rings. The number of esters is 1. The summed E-state index contributed by atoms with van der Waals surface area (Å²) in [6, 6.07) is 0. The van der Waals surface area contributed by atoms with Crippen molar-refractivity contribution in [1.29, 1.82) is 0 Å². The van der Waals surface area contributed by atoms with Gasteiger partial charge in [0.2, 0.25) is 0 Å². The molecule has 0 unspecified atom stereocenters. The minimum absolute atomic E-state index is 0.0938. The van der Waals surface area contributed by atoms with Crippen LogP contribution < -0.4 is 0 Å². The Kier molecular flexibility index (Phi) is 4.71. The minimum atomic E-state index is -0.437. The van der Waals surface area contributed by atoms with Gasteiger partial charge >= 0.3 is 5.97 Å². The van der Waals surface area contributed by atoms with Crippen molar-refractivity contribution in [3.8, 4) is 0 Å². The highest BCUT2D eigenvalue weighted by atomic mass is 16.5. The van der Waals surface area contributed by atoms with E-state index < -0.39 is 5.97 Å². The predicted molar refractivity (Wildman–Crippen MR) is 78.1 cm³/mol. The van der Waals surface area contributed by atoms with Crippen molar-refractivity contribution in [1.82, 2.24) is 5.16 Å². The number of hydrogen-bond acceptors (Lipinski definition) is 5. The van der Waals surface area contributed by atoms with Gasteiger partial charge in [0.15, 0.2) is 11.5 Å². The van der Waals surface area contributed by atoms with E-state index in [9.17, 15) is 4.79 Å². The Bertz CT molecular complexity index is 501. The SMILES string of the molecule is CCOC(=O)c1noc([C@@H]2CCC[C@H](C(C)(C)C)O2)c1C. The minimum Gasteiger partial charge on any atom is -0.461 e. The quantitative estimate of drug-likeness (QED) is 0.793. The molecule has 2 atom stereocenters. The molecule has 0 aliphatic carbocycles. The van der Waals surface area contributed by atoms with E-state index in [4.69, 9.17) is 14.0 Å². The van der Waals surface area contributed by atoms with E-state index in [-0.39, 0.29) is 23.3 Å². The van der Waals surface area contributed by atoms with E-state index in [0.29, 0.717) is 12.4 Å². The van der Waals surface area contributed by atoms with Crippen LogP contribution in [0.5, 0.6) is 0 Å². The van der Waals surface area contributed by atoms with E-state index in [1.165, 1.54) is 0 Å². The van der Waals surface area contributed by atoms with E-state index in [0.717, 1.165) is 24.8 Å². The Balaban J connectivity index is 2.17. The molecule has 0 spiro atoms. The van der Waals surface area contributed by atoms with Crippen LogP contribution in [0.25, 0.3) is 0 Å². The molecular weight excluding hydrogens is 270 g/mol. The molecule has 1 aromatic heterocycles. The summed E-state index contributed by atoms with van der Waals surface area (Å²) in [5.74, 6) is 0.222. The number of nitrogens with zero attached hydrogens (tertiary/aromatic N) is 1. The van der Waals surface area contributed by atoms with E-state index in [1.54, 1.807) is 6.92 Å². The van der Waals surface area contributed by atoms with E-state index in [1.807, 2.05) is 6.92 Å². The lowest BCUT2D eigenvalue weighted by Gasteiger charge is -2.37. The summed E-state index contributed by atoms with van der Waals surface area (Å²) < 4.78 is 16.6. The first-order chi connectivity index (χ1) is 9.84. The van der Waals surface area contributed by atoms with Crippen LogP contribution in [-0.4, -0.2) is 23.8 Å². The highest BCUT2D eigenvalue weighted by Crippen LogP contribution is 2.39. The molecule has 118 valence electrons. The van der Waals surface area contributed by atoms with Crippen LogP contribution in [0.4, 0.5) is 0 Å². The van der Waals surface area contributed by atoms with Crippen molar-refractivity contribution in [3.05, 3.63) is 17.0 Å². The Hall–Kier alpha value is -1.36. The molecule has 21 heavy (non-hydrogen) atoms. The van der Waals surface area contributed by atoms with Crippen LogP contribution in [0, 0.1) is 12.3 Å². The monoisotopic (exact) mass is 295 g/mol. The van der Waals surface area contributed by atoms with Crippen LogP contribution >= 0.6 is 0 Å². The van der Waals surface area contributed by atoms with Crippen molar-refractivity contribution in [3.63, 3.8) is 0 Å². The number of carbonyl (C=O) groups excluding carboxylic acids is 1. The van der Waals surface area contributed by atoms with Crippen LogP contribution in [0.15, 0.2) is 4.52 Å². The van der Waals surface area contributed by atoms with Crippen molar-refractivity contribution in [2.24, 2.45) is 5.41 Å². The largest absolute Gasteiger partial charge is 0.461 e. The van der Waals surface area contributed by atoms with Crippen LogP contribution in [0.1, 0.15) is 74.9 Å². The molecule has 2 rings (SSSR count). The highest BCUT2D eigenvalue weighted by Gasteiger charge is 2.35. The molecule has 0 bridgehead atoms. The summed E-state index contributed by atoms with van der Waals surface area (Å²) in [5, 5.41) is 3.87. The lowest BCUT2D eigenvalue weighted by atomic mass is 9.83. The number of hydrogen-bond donors (Lipinski definition) is 0. The lowest BCUT2D eigenvalue weighted by Crippen LogP contribution is -2.33. The molecule has 0 saturated carbocycles. The molecule has 0 aromatic carbocycles. The number of rotatable bonds is 3. The standard InChI is InChI=1S/C16H25NO4/c1-6-19-15(18)13-10(2)14(21-17-13)11-8-7-9-12(20-11)16(3,4)5/h11-12H,6-9H2,1-5H3/t11-,12+/m0/s1. The molecule has 1 aliphatic rings. The molecule has 5 heteroatoms. The van der Waals surface area contributed by atoms with Gasteiger partial charge in [0.25, 0.3) is 0 Å². The summed E-state index contributed by atoms with van der Waals surface area (Å²) in [7, 11) is 0. The highest BCUT2D eigenvalue weighted by molar-refractivity contribution is 5.88. The summed E-state index contributed by atoms with van der Waals surface area (Å²) in [5.41, 5.74) is 1.08. The Morgan fingerprint density at radius 1 is 1.38 bits per heavy atom. The molecule has 5 nitrogen and oxygen atoms in total. The first kappa shape index (κ1) is 16.0. The van der Waals surface area contributed by atoms with Gasteiger partial charge in [0.1, 0.15) is 6.10 Å². The Labute approximate surface area is 126 Å². The number of ether oxygens (including phenoxy) is 2. The molecule has 0 amide bonds. The molecule has 1 saturated heterocycles. The van der Waals surface area contributed by atoms with E-state index >= 15 is 0 Å². The smallest absolute Gasteiger partial charge is 0.360 e. The third kappa shape index (κ3) is 3.46. The van der Waals surface area contributed by atoms with Gasteiger partial charge in [-0.25, -0.2) is 4.79 Å². The number of aromatic nitrogens is 1. The Morgan fingerprint density at radius 2 is 2.10 bits per heavy atom. The van der Waals surface area contributed by atoms with Gasteiger partial charge in [-0.3, -0.25) is 0 Å². The zero-order valence-electron chi connectivity index (χ0n) is 13.6. The van der Waals surface area contributed by atoms with E-state index in [2.05, 4.69) is 25.9 Å². The average Bonchev–Trinajstić information content (AvgIpc) is 2.80. The molecule has 1 aliphatic heterocycles. The van der Waals surface area contributed by atoms with Gasteiger partial charge in [-0.05, 0) is 38.5 Å². The van der Waals surface area contributed by atoms with Crippen LogP contribution in [0.2, 0.25) is 0 Å². The van der Waals surface area contributed by atoms with Gasteiger partial charge < -0.3 is 14.0 Å². The third-order valence-corrected chi connectivity index (χ3v) is 3.95. The van der Waals surface area contributed by atoms with Gasteiger partial charge in [0.05, 0.1) is 12.7 Å². The first-order valence-electron chi connectivity index (χ1n) is 7.63. The number of carbonyl (C=O) groups is 1. The molecule has 1 aromatic rings. The van der Waals surface area contributed by atoms with Crippen molar-refractivity contribution in [2.45, 2.75) is 66.1 Å². The van der Waals surface area contributed by atoms with Crippen LogP contribution in [-0.2, 0) is 9.47 Å². The Morgan fingerprint density at radius 3 is 2.71 bits per heavy atom. The average molecular weight is 295 g/mol. The molecule has 2 heterocycles. The second-order valence-corrected chi connectivity index (χ2v) is 6.65. The summed E-state index contributed by atoms with van der Waals surface area (Å²) in [6.07, 6.45) is 3.09. The maximum absolute atomic E-state index is 11.8. The molecular formula is C16H25NO4. The van der Waals surface area contributed by atoms with Crippen molar-refractivity contribution < 1.29 is 18.8 Å². The zero-order valence-corrected chi connectivity index (χ0v) is 13.6. The van der Waals surface area contributed by atoms with Gasteiger partial charge in [-0.1, -0.05) is 25.9 Å².